The zero-order valence-electron chi connectivity index (χ0n) is 33.0. The fourth-order valence-corrected chi connectivity index (χ4v) is 11.7. The molecule has 1 spiro atoms. The van der Waals surface area contributed by atoms with Gasteiger partial charge in [-0.3, -0.25) is 15.0 Å². The van der Waals surface area contributed by atoms with Gasteiger partial charge in [0.1, 0.15) is 0 Å². The van der Waals surface area contributed by atoms with Gasteiger partial charge >= 0.3 is 0 Å². The Morgan fingerprint density at radius 3 is 1.42 bits per heavy atom. The van der Waals surface area contributed by atoms with Crippen LogP contribution in [0, 0.1) is 30.6 Å². The highest BCUT2D eigenvalue weighted by Crippen LogP contribution is 2.69. The summed E-state index contributed by atoms with van der Waals surface area (Å²) in [5.41, 5.74) is 17.1. The van der Waals surface area contributed by atoms with Crippen LogP contribution in [-0.2, 0) is 5.41 Å². The maximum Gasteiger partial charge on any atom is 0.164 e. The van der Waals surface area contributed by atoms with Gasteiger partial charge in [-0.25, -0.2) is 15.0 Å². The number of pyridine rings is 3. The van der Waals surface area contributed by atoms with Gasteiger partial charge in [0.05, 0.1) is 0 Å². The van der Waals surface area contributed by atoms with Crippen molar-refractivity contribution < 1.29 is 0 Å². The van der Waals surface area contributed by atoms with Crippen LogP contribution >= 0.6 is 0 Å². The molecule has 4 saturated carbocycles. The first-order valence-corrected chi connectivity index (χ1v) is 21.1. The molecule has 0 aliphatic heterocycles. The van der Waals surface area contributed by atoms with Crippen LogP contribution in [-0.4, -0.2) is 29.9 Å². The van der Waals surface area contributed by atoms with Crippen LogP contribution in [0.1, 0.15) is 48.8 Å². The van der Waals surface area contributed by atoms with E-state index in [1.807, 2.05) is 36.7 Å². The van der Waals surface area contributed by atoms with E-state index in [-0.39, 0.29) is 5.41 Å². The van der Waals surface area contributed by atoms with Crippen LogP contribution in [0.3, 0.4) is 0 Å². The average molecular weight is 763 g/mol. The number of rotatable bonds is 6. The van der Waals surface area contributed by atoms with Crippen molar-refractivity contribution in [2.75, 3.05) is 0 Å². The summed E-state index contributed by atoms with van der Waals surface area (Å²) in [5.74, 6) is 4.92. The lowest BCUT2D eigenvalue weighted by Gasteiger charge is -2.61. The van der Waals surface area contributed by atoms with Gasteiger partial charge in [0.2, 0.25) is 0 Å². The van der Waals surface area contributed by atoms with E-state index in [0.717, 1.165) is 45.2 Å². The van der Waals surface area contributed by atoms with Gasteiger partial charge in [0.25, 0.3) is 0 Å². The van der Waals surface area contributed by atoms with Crippen molar-refractivity contribution in [1.82, 2.24) is 29.9 Å². The Hall–Kier alpha value is -6.66. The molecular weight excluding hydrogens is 721 g/mol. The predicted octanol–water partition coefficient (Wildman–Crippen LogP) is 12.1. The monoisotopic (exact) mass is 762 g/mol. The first kappa shape index (κ1) is 34.4. The smallest absolute Gasteiger partial charge is 0.164 e. The second-order valence-electron chi connectivity index (χ2n) is 17.4. The molecule has 0 atom stereocenters. The number of benzene rings is 4. The summed E-state index contributed by atoms with van der Waals surface area (Å²) in [6.45, 7) is 2.14. The average Bonchev–Trinajstić information content (AvgIpc) is 3.58. The maximum absolute atomic E-state index is 5.15. The number of hydrogen-bond acceptors (Lipinski definition) is 6. The maximum atomic E-state index is 5.15. The van der Waals surface area contributed by atoms with Gasteiger partial charge in [-0.1, -0.05) is 54.1 Å². The van der Waals surface area contributed by atoms with E-state index in [9.17, 15) is 0 Å². The summed E-state index contributed by atoms with van der Waals surface area (Å²) >= 11 is 0. The van der Waals surface area contributed by atoms with E-state index in [2.05, 4.69) is 113 Å². The fraction of sp³-hybridized carbons (Fsp3) is 0.208. The first-order chi connectivity index (χ1) is 29.1. The normalized spacial score (nSPS) is 22.1. The molecule has 4 heterocycles. The minimum absolute atomic E-state index is 0.0371. The van der Waals surface area contributed by atoms with E-state index in [1.165, 1.54) is 71.0 Å². The molecule has 13 rings (SSSR count). The van der Waals surface area contributed by atoms with Crippen LogP contribution in [0.4, 0.5) is 0 Å². The van der Waals surface area contributed by atoms with Crippen LogP contribution in [0.15, 0.2) is 152 Å². The number of fused-ring (bicyclic) bond motifs is 3. The lowest BCUT2D eigenvalue weighted by Crippen LogP contribution is -2.55. The van der Waals surface area contributed by atoms with Gasteiger partial charge in [-0.2, -0.15) is 0 Å². The zero-order chi connectivity index (χ0) is 39.1. The molecule has 4 bridgehead atoms. The second kappa shape index (κ2) is 13.5. The van der Waals surface area contributed by atoms with E-state index in [4.69, 9.17) is 15.0 Å². The molecule has 5 aliphatic rings. The van der Waals surface area contributed by atoms with Crippen molar-refractivity contribution >= 4 is 0 Å². The third-order valence-corrected chi connectivity index (χ3v) is 14.1. The van der Waals surface area contributed by atoms with Gasteiger partial charge in [-0.15, -0.1) is 0 Å². The Bertz CT molecular complexity index is 2810. The van der Waals surface area contributed by atoms with Gasteiger partial charge in [0, 0.05) is 59.3 Å². The van der Waals surface area contributed by atoms with Crippen LogP contribution in [0.2, 0.25) is 0 Å². The van der Waals surface area contributed by atoms with Gasteiger partial charge in [0.15, 0.2) is 17.5 Å². The summed E-state index contributed by atoms with van der Waals surface area (Å²) < 4.78 is 0. The largest absolute Gasteiger partial charge is 0.265 e. The SMILES string of the molecule is Cc1ccc(-c2cc(-c3ccc4c(c3)C3(c5ccc(-c6ccncc6)cc5-4)C4CC5CC(C4)CC3C5)cc(-c3nc(-c4ccncc4)nc(-c4ccncc4)n3)c2)cc1. The third-order valence-electron chi connectivity index (χ3n) is 14.1. The highest BCUT2D eigenvalue weighted by atomic mass is 15.0. The van der Waals surface area contributed by atoms with Crippen molar-refractivity contribution in [3.63, 3.8) is 0 Å². The topological polar surface area (TPSA) is 77.3 Å². The predicted molar refractivity (Wildman–Crippen MR) is 234 cm³/mol. The minimum atomic E-state index is 0.0371. The molecule has 5 aliphatic carbocycles. The van der Waals surface area contributed by atoms with Crippen molar-refractivity contribution in [1.29, 1.82) is 0 Å². The summed E-state index contributed by atoms with van der Waals surface area (Å²) in [4.78, 5) is 28.1. The summed E-state index contributed by atoms with van der Waals surface area (Å²) in [5, 5.41) is 0. The number of nitrogens with zero attached hydrogens (tertiary/aromatic N) is 6. The van der Waals surface area contributed by atoms with Gasteiger partial charge in [-0.05, 0) is 185 Å². The molecule has 8 aromatic rings. The quantitative estimate of drug-likeness (QED) is 0.168. The standard InChI is InChI=1S/C53H42N6/c1-32-2-4-35(5-3-32)41-27-42(29-43(28-41)52-58-50(37-12-18-55-19-13-37)57-51(59-52)38-14-20-56-21-15-38)40-6-8-46-47-30-39(36-10-16-54-17-11-36)7-9-48(47)53(49(46)31-40)44-23-33-22-34(25-44)26-45(53)24-33/h2-21,27-31,33-34,44-45H,22-26H2,1H3. The molecule has 0 unspecified atom stereocenters. The van der Waals surface area contributed by atoms with Crippen LogP contribution in [0.25, 0.3) is 78.7 Å². The van der Waals surface area contributed by atoms with Crippen molar-refractivity contribution in [3.8, 4) is 78.7 Å². The van der Waals surface area contributed by atoms with E-state index in [0.29, 0.717) is 29.3 Å². The van der Waals surface area contributed by atoms with E-state index >= 15 is 0 Å². The Kier molecular flexibility index (Phi) is 7.84. The third kappa shape index (κ3) is 5.60. The summed E-state index contributed by atoms with van der Waals surface area (Å²) in [6.07, 6.45) is 17.7. The molecule has 6 nitrogen and oxygen atoms in total. The van der Waals surface area contributed by atoms with Crippen LogP contribution < -0.4 is 0 Å². The van der Waals surface area contributed by atoms with Crippen LogP contribution in [0.5, 0.6) is 0 Å². The summed E-state index contributed by atoms with van der Waals surface area (Å²) in [7, 11) is 0. The highest BCUT2D eigenvalue weighted by Gasteiger charge is 2.61. The Morgan fingerprint density at radius 2 is 0.831 bits per heavy atom. The highest BCUT2D eigenvalue weighted by molar-refractivity contribution is 5.89. The molecule has 0 N–H and O–H groups in total. The first-order valence-electron chi connectivity index (χ1n) is 21.1. The summed E-state index contributed by atoms with van der Waals surface area (Å²) in [6, 6.07) is 42.5. The molecule has 4 aromatic heterocycles. The molecular formula is C53H42N6. The lowest BCUT2D eigenvalue weighted by molar-refractivity contribution is -0.0399. The molecule has 6 heteroatoms. The molecule has 59 heavy (non-hydrogen) atoms. The molecule has 4 aromatic carbocycles. The lowest BCUT2D eigenvalue weighted by atomic mass is 9.43. The molecule has 0 radical (unpaired) electrons. The molecule has 4 fully saturated rings. The van der Waals surface area contributed by atoms with Gasteiger partial charge < -0.3 is 0 Å². The number of aromatic nitrogens is 6. The molecule has 284 valence electrons. The van der Waals surface area contributed by atoms with E-state index < -0.39 is 0 Å². The fourth-order valence-electron chi connectivity index (χ4n) is 11.7. The van der Waals surface area contributed by atoms with Crippen molar-refractivity contribution in [2.24, 2.45) is 23.7 Å². The number of aryl methyl sites for hydroxylation is 1. The van der Waals surface area contributed by atoms with Crippen molar-refractivity contribution in [2.45, 2.75) is 44.4 Å². The zero-order valence-corrected chi connectivity index (χ0v) is 33.0. The molecule has 0 saturated heterocycles. The molecule has 0 amide bonds. The Labute approximate surface area is 344 Å². The minimum Gasteiger partial charge on any atom is -0.265 e. The number of hydrogen-bond donors (Lipinski definition) is 0. The Morgan fingerprint density at radius 1 is 0.373 bits per heavy atom. The Balaban J connectivity index is 1.06. The second-order valence-corrected chi connectivity index (χ2v) is 17.4. The van der Waals surface area contributed by atoms with E-state index in [1.54, 1.807) is 30.4 Å². The van der Waals surface area contributed by atoms with Crippen molar-refractivity contribution in [3.05, 3.63) is 169 Å².